The summed E-state index contributed by atoms with van der Waals surface area (Å²) in [6.07, 6.45) is 0.722. The van der Waals surface area contributed by atoms with Gasteiger partial charge in [-0.05, 0) is 23.2 Å². The van der Waals surface area contributed by atoms with Crippen LogP contribution in [0.5, 0.6) is 5.75 Å². The lowest BCUT2D eigenvalue weighted by atomic mass is 10.1. The second-order valence-electron chi connectivity index (χ2n) is 6.69. The first-order chi connectivity index (χ1) is 14.2. The fourth-order valence-corrected chi connectivity index (χ4v) is 4.29. The zero-order valence-corrected chi connectivity index (χ0v) is 16.2. The summed E-state index contributed by atoms with van der Waals surface area (Å²) in [5, 5.41) is 4.19. The maximum absolute atomic E-state index is 11.7. The van der Waals surface area contributed by atoms with Crippen molar-refractivity contribution < 1.29 is 9.53 Å². The number of primary amides is 1. The number of benzene rings is 2. The number of amides is 1. The van der Waals surface area contributed by atoms with Gasteiger partial charge in [-0.3, -0.25) is 4.79 Å². The van der Waals surface area contributed by atoms with Crippen LogP contribution in [0, 0.1) is 0 Å². The minimum Gasteiger partial charge on any atom is -0.487 e. The van der Waals surface area contributed by atoms with Crippen LogP contribution in [0.1, 0.15) is 21.6 Å². The molecule has 4 aromatic rings. The van der Waals surface area contributed by atoms with Crippen molar-refractivity contribution in [2.75, 3.05) is 11.9 Å². The van der Waals surface area contributed by atoms with Crippen molar-refractivity contribution in [1.29, 1.82) is 0 Å². The monoisotopic (exact) mass is 403 g/mol. The minimum atomic E-state index is -0.473. The van der Waals surface area contributed by atoms with Crippen molar-refractivity contribution in [1.82, 2.24) is 14.3 Å². The third-order valence-electron chi connectivity index (χ3n) is 4.80. The van der Waals surface area contributed by atoms with Crippen LogP contribution < -0.4 is 15.8 Å². The molecule has 3 N–H and O–H groups in total. The van der Waals surface area contributed by atoms with Gasteiger partial charge in [-0.1, -0.05) is 42.5 Å². The molecule has 2 aromatic heterocycles. The fourth-order valence-electron chi connectivity index (χ4n) is 3.39. The Morgan fingerprint density at radius 3 is 2.83 bits per heavy atom. The molecule has 8 heteroatoms. The first-order valence-corrected chi connectivity index (χ1v) is 9.98. The maximum atomic E-state index is 11.7. The lowest BCUT2D eigenvalue weighted by Gasteiger charge is -2.11. The van der Waals surface area contributed by atoms with Crippen molar-refractivity contribution in [2.24, 2.45) is 5.73 Å². The van der Waals surface area contributed by atoms with Crippen LogP contribution in [0.3, 0.4) is 0 Å². The van der Waals surface area contributed by atoms with Gasteiger partial charge in [-0.25, -0.2) is 9.97 Å². The molecule has 144 valence electrons. The van der Waals surface area contributed by atoms with Crippen LogP contribution in [0.2, 0.25) is 0 Å². The van der Waals surface area contributed by atoms with E-state index in [-0.39, 0.29) is 0 Å². The van der Waals surface area contributed by atoms with Gasteiger partial charge in [0, 0.05) is 18.4 Å². The van der Waals surface area contributed by atoms with Gasteiger partial charge in [0.05, 0.1) is 22.6 Å². The molecule has 1 aliphatic heterocycles. The molecule has 0 saturated heterocycles. The van der Waals surface area contributed by atoms with E-state index in [1.165, 1.54) is 11.5 Å². The van der Waals surface area contributed by atoms with Crippen LogP contribution in [0.15, 0.2) is 48.5 Å². The van der Waals surface area contributed by atoms with Crippen molar-refractivity contribution in [3.05, 3.63) is 65.4 Å². The molecule has 0 unspecified atom stereocenters. The number of nitrogens with one attached hydrogen (secondary N) is 1. The third-order valence-corrected chi connectivity index (χ3v) is 5.70. The fraction of sp³-hybridized carbons (Fsp3) is 0.143. The van der Waals surface area contributed by atoms with Crippen LogP contribution in [-0.4, -0.2) is 26.9 Å². The zero-order valence-electron chi connectivity index (χ0n) is 15.4. The number of ether oxygens (including phenoxy) is 1. The van der Waals surface area contributed by atoms with Crippen molar-refractivity contribution in [3.63, 3.8) is 0 Å². The Hall–Kier alpha value is -3.52. The number of carbonyl (C=O) groups is 1. The topological polar surface area (TPSA) is 103 Å². The number of carbonyl (C=O) groups excluding carboxylic acids is 1. The highest BCUT2D eigenvalue weighted by molar-refractivity contribution is 7.14. The summed E-state index contributed by atoms with van der Waals surface area (Å²) >= 11 is 1.23. The lowest BCUT2D eigenvalue weighted by Crippen LogP contribution is -2.10. The lowest BCUT2D eigenvalue weighted by molar-refractivity contribution is 0.100. The highest BCUT2D eigenvalue weighted by Crippen LogP contribution is 2.36. The first kappa shape index (κ1) is 17.6. The number of nitrogens with zero attached hydrogens (tertiary/aromatic N) is 3. The molecule has 1 aliphatic rings. The van der Waals surface area contributed by atoms with E-state index in [9.17, 15) is 4.79 Å². The van der Waals surface area contributed by atoms with E-state index in [0.717, 1.165) is 27.8 Å². The van der Waals surface area contributed by atoms with E-state index < -0.39 is 5.91 Å². The number of anilines is 1. The van der Waals surface area contributed by atoms with Crippen molar-refractivity contribution >= 4 is 33.3 Å². The van der Waals surface area contributed by atoms with Gasteiger partial charge in [-0.2, -0.15) is 4.37 Å². The Labute approximate surface area is 170 Å². The average molecular weight is 403 g/mol. The van der Waals surface area contributed by atoms with E-state index in [0.29, 0.717) is 41.8 Å². The van der Waals surface area contributed by atoms with Gasteiger partial charge in [0.15, 0.2) is 17.4 Å². The summed E-state index contributed by atoms with van der Waals surface area (Å²) in [5.41, 5.74) is 8.61. The summed E-state index contributed by atoms with van der Waals surface area (Å²) in [4.78, 5) is 21.1. The molecule has 7 nitrogen and oxygen atoms in total. The highest BCUT2D eigenvalue weighted by atomic mass is 32.1. The van der Waals surface area contributed by atoms with Crippen molar-refractivity contribution in [3.8, 4) is 17.3 Å². The third kappa shape index (κ3) is 3.17. The Balaban J connectivity index is 1.57. The molecule has 3 heterocycles. The second kappa shape index (κ2) is 7.14. The second-order valence-corrected chi connectivity index (χ2v) is 7.46. The summed E-state index contributed by atoms with van der Waals surface area (Å²) in [7, 11) is 0. The number of rotatable bonds is 5. The van der Waals surface area contributed by atoms with Gasteiger partial charge >= 0.3 is 0 Å². The quantitative estimate of drug-likeness (QED) is 0.529. The number of fused-ring (bicyclic) bond motifs is 2. The van der Waals surface area contributed by atoms with Crippen LogP contribution in [-0.2, 0) is 13.0 Å². The molecule has 2 aromatic carbocycles. The molecular weight excluding hydrogens is 386 g/mol. The summed E-state index contributed by atoms with van der Waals surface area (Å²) in [6, 6.07) is 15.5. The minimum absolute atomic E-state index is 0.457. The Morgan fingerprint density at radius 1 is 1.14 bits per heavy atom. The summed E-state index contributed by atoms with van der Waals surface area (Å²) < 4.78 is 11.0. The predicted octanol–water partition coefficient (Wildman–Crippen LogP) is 3.40. The van der Waals surface area contributed by atoms with E-state index in [4.69, 9.17) is 15.5 Å². The molecular formula is C21H17N5O2S. The van der Waals surface area contributed by atoms with Gasteiger partial charge < -0.3 is 15.8 Å². The normalized spacial score (nSPS) is 12.6. The molecule has 0 fully saturated rings. The maximum Gasteiger partial charge on any atom is 0.250 e. The Morgan fingerprint density at radius 2 is 2.00 bits per heavy atom. The van der Waals surface area contributed by atoms with Gasteiger partial charge in [0.2, 0.25) is 5.91 Å². The van der Waals surface area contributed by atoms with Crippen LogP contribution >= 0.6 is 11.5 Å². The predicted molar refractivity (Wildman–Crippen MR) is 112 cm³/mol. The molecule has 0 radical (unpaired) electrons. The van der Waals surface area contributed by atoms with E-state index in [1.54, 1.807) is 12.1 Å². The van der Waals surface area contributed by atoms with Crippen molar-refractivity contribution in [2.45, 2.75) is 13.0 Å². The number of hydrogen-bond acceptors (Lipinski definition) is 7. The Kier molecular flexibility index (Phi) is 4.33. The summed E-state index contributed by atoms with van der Waals surface area (Å²) in [6.45, 7) is 1.20. The van der Waals surface area contributed by atoms with E-state index >= 15 is 0 Å². The average Bonchev–Trinajstić information content (AvgIpc) is 3.39. The summed E-state index contributed by atoms with van der Waals surface area (Å²) in [5.74, 6) is 1.39. The van der Waals surface area contributed by atoms with Gasteiger partial charge in [0.1, 0.15) is 5.69 Å². The molecule has 0 aliphatic carbocycles. The molecule has 29 heavy (non-hydrogen) atoms. The van der Waals surface area contributed by atoms with Gasteiger partial charge in [-0.15, -0.1) is 0 Å². The smallest absolute Gasteiger partial charge is 0.250 e. The van der Waals surface area contributed by atoms with Crippen LogP contribution in [0.25, 0.3) is 21.6 Å². The zero-order chi connectivity index (χ0) is 19.8. The SMILES string of the molecule is NC(=O)c1cccc2c(-c3nc4c(c(NCc5ccccc5)n3)OCC4)nsc12. The largest absolute Gasteiger partial charge is 0.487 e. The molecule has 0 atom stereocenters. The number of nitrogens with two attached hydrogens (primary N) is 1. The molecule has 0 bridgehead atoms. The van der Waals surface area contributed by atoms with E-state index in [2.05, 4.69) is 26.8 Å². The first-order valence-electron chi connectivity index (χ1n) is 9.21. The van der Waals surface area contributed by atoms with Crippen LogP contribution in [0.4, 0.5) is 5.82 Å². The number of aromatic nitrogens is 3. The Bertz CT molecular complexity index is 1220. The highest BCUT2D eigenvalue weighted by Gasteiger charge is 2.24. The van der Waals surface area contributed by atoms with Gasteiger partial charge in [0.25, 0.3) is 0 Å². The molecule has 1 amide bonds. The van der Waals surface area contributed by atoms with E-state index in [1.807, 2.05) is 24.3 Å². The molecule has 5 rings (SSSR count). The molecule has 0 saturated carbocycles. The molecule has 0 spiro atoms. The number of hydrogen-bond donors (Lipinski definition) is 2. The standard InChI is InChI=1S/C21H17N5O2S/c22-19(27)14-8-4-7-13-16(26-29-18(13)14)20-24-15-9-10-28-17(15)21(25-20)23-11-12-5-2-1-3-6-12/h1-8H,9-11H2,(H2,22,27)(H,23,24,25).